The fraction of sp³-hybridized carbons (Fsp3) is 0.400. The molecule has 1 aromatic rings. The van der Waals surface area contributed by atoms with Crippen LogP contribution in [0.4, 0.5) is 0 Å². The average Bonchev–Trinajstić information content (AvgIpc) is 2.53. The molecule has 0 unspecified atom stereocenters. The zero-order chi connectivity index (χ0) is 17.2. The second-order valence-electron chi connectivity index (χ2n) is 4.35. The average molecular weight is 332 g/mol. The maximum atomic E-state index is 11.8. The molecule has 0 bridgehead atoms. The molecule has 0 saturated heterocycles. The third-order valence-corrected chi connectivity index (χ3v) is 3.68. The third-order valence-electron chi connectivity index (χ3n) is 2.69. The molecule has 0 atom stereocenters. The van der Waals surface area contributed by atoms with Gasteiger partial charge in [-0.05, 0) is 19.9 Å². The Morgan fingerprint density at radius 3 is 2.78 bits per heavy atom. The van der Waals surface area contributed by atoms with Gasteiger partial charge in [0, 0.05) is 6.54 Å². The van der Waals surface area contributed by atoms with Gasteiger partial charge in [-0.15, -0.1) is 0 Å². The van der Waals surface area contributed by atoms with Crippen LogP contribution in [-0.2, 0) is 9.53 Å². The zero-order valence-corrected chi connectivity index (χ0v) is 13.7. The number of nitrogens with one attached hydrogen (secondary N) is 1. The molecular weight excluding hydrogens is 316 g/mol. The van der Waals surface area contributed by atoms with Crippen molar-refractivity contribution in [3.05, 3.63) is 22.9 Å². The number of aromatic nitrogens is 1. The van der Waals surface area contributed by atoms with Crippen molar-refractivity contribution in [2.75, 3.05) is 18.9 Å². The molecule has 0 fully saturated rings. The lowest BCUT2D eigenvalue weighted by Gasteiger charge is -2.09. The smallest absolute Gasteiger partial charge is 0.340 e. The topological polar surface area (TPSA) is 116 Å². The summed E-state index contributed by atoms with van der Waals surface area (Å²) in [6.45, 7) is 3.86. The van der Waals surface area contributed by atoms with Crippen molar-refractivity contribution in [3.8, 4) is 12.1 Å². The van der Waals surface area contributed by atoms with E-state index in [4.69, 9.17) is 10.00 Å². The molecule has 7 nitrogen and oxygen atoms in total. The van der Waals surface area contributed by atoms with Crippen molar-refractivity contribution < 1.29 is 14.3 Å². The maximum Gasteiger partial charge on any atom is 0.340 e. The van der Waals surface area contributed by atoms with E-state index in [0.29, 0.717) is 10.7 Å². The van der Waals surface area contributed by atoms with E-state index in [-0.39, 0.29) is 42.4 Å². The van der Waals surface area contributed by atoms with Crippen LogP contribution in [0.15, 0.2) is 11.1 Å². The molecule has 0 aliphatic rings. The second-order valence-corrected chi connectivity index (χ2v) is 5.32. The summed E-state index contributed by atoms with van der Waals surface area (Å²) in [5.74, 6) is -0.700. The van der Waals surface area contributed by atoms with Gasteiger partial charge in [0.15, 0.2) is 0 Å². The Morgan fingerprint density at radius 2 is 2.17 bits per heavy atom. The van der Waals surface area contributed by atoms with E-state index >= 15 is 0 Å². The molecule has 0 saturated carbocycles. The second kappa shape index (κ2) is 9.44. The zero-order valence-electron chi connectivity index (χ0n) is 12.9. The molecule has 0 aliphatic carbocycles. The summed E-state index contributed by atoms with van der Waals surface area (Å²) in [7, 11) is 0. The minimum Gasteiger partial charge on any atom is -0.462 e. The molecule has 0 radical (unpaired) electrons. The van der Waals surface area contributed by atoms with Gasteiger partial charge in [0.2, 0.25) is 5.91 Å². The fourth-order valence-corrected chi connectivity index (χ4v) is 2.46. The van der Waals surface area contributed by atoms with E-state index in [2.05, 4.69) is 10.3 Å². The van der Waals surface area contributed by atoms with Crippen LogP contribution in [0.25, 0.3) is 0 Å². The van der Waals surface area contributed by atoms with E-state index in [0.717, 1.165) is 11.8 Å². The molecule has 1 rings (SSSR count). The Bertz CT molecular complexity index is 677. The van der Waals surface area contributed by atoms with Crippen LogP contribution < -0.4 is 5.32 Å². The van der Waals surface area contributed by atoms with Gasteiger partial charge in [0.05, 0.1) is 41.7 Å². The number of aryl methyl sites for hydroxylation is 1. The molecule has 23 heavy (non-hydrogen) atoms. The van der Waals surface area contributed by atoms with Gasteiger partial charge in [-0.3, -0.25) is 4.79 Å². The number of esters is 1. The standard InChI is InChI=1S/C15H16N4O3S/c1-3-22-15(21)12-7-11(8-17)14(19-10(12)2)23-9-13(20)18-6-4-5-16/h7H,3-4,6,9H2,1-2H3,(H,18,20). The highest BCUT2D eigenvalue weighted by atomic mass is 32.2. The number of carbonyl (C=O) groups excluding carboxylic acids is 2. The molecular formula is C15H16N4O3S. The summed E-state index contributed by atoms with van der Waals surface area (Å²) in [6, 6.07) is 5.33. The van der Waals surface area contributed by atoms with Gasteiger partial charge in [-0.1, -0.05) is 11.8 Å². The number of hydrogen-bond donors (Lipinski definition) is 1. The van der Waals surface area contributed by atoms with Crippen molar-refractivity contribution in [1.29, 1.82) is 10.5 Å². The van der Waals surface area contributed by atoms with E-state index in [1.807, 2.05) is 12.1 Å². The number of ether oxygens (including phenoxy) is 1. The molecule has 0 aromatic carbocycles. The van der Waals surface area contributed by atoms with Gasteiger partial charge in [0.1, 0.15) is 11.1 Å². The summed E-state index contributed by atoms with van der Waals surface area (Å²) in [5, 5.41) is 20.6. The molecule has 1 N–H and O–H groups in total. The number of pyridine rings is 1. The predicted octanol–water partition coefficient (Wildman–Crippen LogP) is 1.56. The predicted molar refractivity (Wildman–Crippen MR) is 83.6 cm³/mol. The monoisotopic (exact) mass is 332 g/mol. The summed E-state index contributed by atoms with van der Waals surface area (Å²) in [5.41, 5.74) is 0.898. The van der Waals surface area contributed by atoms with Crippen LogP contribution in [0, 0.1) is 29.6 Å². The van der Waals surface area contributed by atoms with Crippen LogP contribution in [0.5, 0.6) is 0 Å². The quantitative estimate of drug-likeness (QED) is 0.457. The number of nitrogens with zero attached hydrogens (tertiary/aromatic N) is 3. The Labute approximate surface area is 138 Å². The lowest BCUT2D eigenvalue weighted by atomic mass is 10.1. The number of rotatable bonds is 7. The van der Waals surface area contributed by atoms with Gasteiger partial charge in [-0.25, -0.2) is 9.78 Å². The van der Waals surface area contributed by atoms with Crippen LogP contribution in [0.3, 0.4) is 0 Å². The van der Waals surface area contributed by atoms with Crippen LogP contribution in [-0.4, -0.2) is 35.8 Å². The van der Waals surface area contributed by atoms with Crippen molar-refractivity contribution in [3.63, 3.8) is 0 Å². The first-order valence-corrected chi connectivity index (χ1v) is 7.87. The number of carbonyl (C=O) groups is 2. The van der Waals surface area contributed by atoms with Crippen LogP contribution >= 0.6 is 11.8 Å². The maximum absolute atomic E-state index is 11.8. The normalized spacial score (nSPS) is 9.57. The van der Waals surface area contributed by atoms with E-state index < -0.39 is 5.97 Å². The van der Waals surface area contributed by atoms with Gasteiger partial charge < -0.3 is 10.1 Å². The molecule has 0 aliphatic heterocycles. The molecule has 1 aromatic heterocycles. The van der Waals surface area contributed by atoms with E-state index in [1.54, 1.807) is 13.8 Å². The first kappa shape index (κ1) is 18.5. The van der Waals surface area contributed by atoms with Crippen molar-refractivity contribution in [1.82, 2.24) is 10.3 Å². The Morgan fingerprint density at radius 1 is 1.43 bits per heavy atom. The highest BCUT2D eigenvalue weighted by Crippen LogP contribution is 2.23. The minimum atomic E-state index is -0.528. The van der Waals surface area contributed by atoms with Crippen molar-refractivity contribution in [2.45, 2.75) is 25.3 Å². The largest absolute Gasteiger partial charge is 0.462 e. The van der Waals surface area contributed by atoms with Crippen LogP contribution in [0.2, 0.25) is 0 Å². The molecule has 1 heterocycles. The highest BCUT2D eigenvalue weighted by molar-refractivity contribution is 8.00. The number of nitriles is 2. The summed E-state index contributed by atoms with van der Waals surface area (Å²) in [6.07, 6.45) is 0.242. The van der Waals surface area contributed by atoms with Crippen molar-refractivity contribution >= 4 is 23.6 Å². The lowest BCUT2D eigenvalue weighted by molar-refractivity contribution is -0.118. The number of hydrogen-bond acceptors (Lipinski definition) is 7. The minimum absolute atomic E-state index is 0.0747. The molecule has 8 heteroatoms. The summed E-state index contributed by atoms with van der Waals surface area (Å²) in [4.78, 5) is 27.6. The summed E-state index contributed by atoms with van der Waals surface area (Å²) < 4.78 is 4.92. The first-order valence-electron chi connectivity index (χ1n) is 6.88. The van der Waals surface area contributed by atoms with Crippen molar-refractivity contribution in [2.24, 2.45) is 0 Å². The first-order chi connectivity index (χ1) is 11.0. The SMILES string of the molecule is CCOC(=O)c1cc(C#N)c(SCC(=O)NCCC#N)nc1C. The van der Waals surface area contributed by atoms with Crippen LogP contribution in [0.1, 0.15) is 35.0 Å². The molecule has 120 valence electrons. The summed E-state index contributed by atoms with van der Waals surface area (Å²) >= 11 is 1.11. The fourth-order valence-electron chi connectivity index (χ4n) is 1.63. The lowest BCUT2D eigenvalue weighted by Crippen LogP contribution is -2.26. The third kappa shape index (κ3) is 5.61. The molecule has 1 amide bonds. The Kier molecular flexibility index (Phi) is 7.58. The van der Waals surface area contributed by atoms with Gasteiger partial charge in [0.25, 0.3) is 0 Å². The number of amides is 1. The Balaban J connectivity index is 2.82. The highest BCUT2D eigenvalue weighted by Gasteiger charge is 2.17. The van der Waals surface area contributed by atoms with E-state index in [1.165, 1.54) is 6.07 Å². The van der Waals surface area contributed by atoms with Gasteiger partial charge >= 0.3 is 5.97 Å². The van der Waals surface area contributed by atoms with E-state index in [9.17, 15) is 14.9 Å². The van der Waals surface area contributed by atoms with Gasteiger partial charge in [-0.2, -0.15) is 10.5 Å². The Hall–Kier alpha value is -2.58. The number of thioether (sulfide) groups is 1. The molecule has 0 spiro atoms.